The summed E-state index contributed by atoms with van der Waals surface area (Å²) >= 11 is 0. The standard InChI is InChI=1S/C17H23N3O3/c21-16(9-15-11-23-7-6-18-15)19-10-12-2-1-3-13(8-12)17(22)20-14-4-5-14/h1-3,8,14-15,18H,4-7,9-11H2,(H,19,21)(H,20,22). The van der Waals surface area contributed by atoms with Gasteiger partial charge in [0.1, 0.15) is 0 Å². The number of carbonyl (C=O) groups excluding carboxylic acids is 2. The molecule has 6 heteroatoms. The maximum absolute atomic E-state index is 12.0. The van der Waals surface area contributed by atoms with Crippen molar-refractivity contribution in [3.63, 3.8) is 0 Å². The van der Waals surface area contributed by atoms with Gasteiger partial charge >= 0.3 is 0 Å². The van der Waals surface area contributed by atoms with Gasteiger partial charge in [0.25, 0.3) is 5.91 Å². The maximum Gasteiger partial charge on any atom is 0.251 e. The third-order valence-corrected chi connectivity index (χ3v) is 4.02. The van der Waals surface area contributed by atoms with Crippen LogP contribution in [0.5, 0.6) is 0 Å². The molecule has 23 heavy (non-hydrogen) atoms. The monoisotopic (exact) mass is 317 g/mol. The first kappa shape index (κ1) is 16.0. The van der Waals surface area contributed by atoms with Crippen LogP contribution in [0.3, 0.4) is 0 Å². The van der Waals surface area contributed by atoms with Crippen LogP contribution in [-0.2, 0) is 16.1 Å². The fraction of sp³-hybridized carbons (Fsp3) is 0.529. The Labute approximate surface area is 136 Å². The highest BCUT2D eigenvalue weighted by atomic mass is 16.5. The van der Waals surface area contributed by atoms with E-state index in [1.165, 1.54) is 0 Å². The molecule has 1 aliphatic heterocycles. The quantitative estimate of drug-likeness (QED) is 0.717. The van der Waals surface area contributed by atoms with Gasteiger partial charge in [-0.1, -0.05) is 12.1 Å². The minimum Gasteiger partial charge on any atom is -0.378 e. The molecule has 0 radical (unpaired) electrons. The molecule has 1 saturated carbocycles. The Hall–Kier alpha value is -1.92. The van der Waals surface area contributed by atoms with E-state index in [0.717, 1.165) is 24.9 Å². The summed E-state index contributed by atoms with van der Waals surface area (Å²) in [5.41, 5.74) is 1.57. The predicted octanol–water partition coefficient (Wildman–Crippen LogP) is 0.574. The van der Waals surface area contributed by atoms with Crippen LogP contribution in [0, 0.1) is 0 Å². The molecule has 1 saturated heterocycles. The van der Waals surface area contributed by atoms with Crippen LogP contribution < -0.4 is 16.0 Å². The molecule has 1 aliphatic carbocycles. The molecule has 2 amide bonds. The largest absolute Gasteiger partial charge is 0.378 e. The number of nitrogens with one attached hydrogen (secondary N) is 3. The Morgan fingerprint density at radius 1 is 1.30 bits per heavy atom. The van der Waals surface area contributed by atoms with E-state index in [2.05, 4.69) is 16.0 Å². The lowest BCUT2D eigenvalue weighted by atomic mass is 10.1. The zero-order chi connectivity index (χ0) is 16.1. The summed E-state index contributed by atoms with van der Waals surface area (Å²) in [7, 11) is 0. The molecule has 0 spiro atoms. The molecule has 0 bridgehead atoms. The summed E-state index contributed by atoms with van der Waals surface area (Å²) in [5.74, 6) is -0.0509. The van der Waals surface area contributed by atoms with Gasteiger partial charge in [0, 0.05) is 37.2 Å². The molecule has 1 heterocycles. The van der Waals surface area contributed by atoms with E-state index in [4.69, 9.17) is 4.74 Å². The normalized spacial score (nSPS) is 20.8. The van der Waals surface area contributed by atoms with Crippen LogP contribution in [0.25, 0.3) is 0 Å². The van der Waals surface area contributed by atoms with E-state index in [0.29, 0.717) is 37.8 Å². The second kappa shape index (κ2) is 7.57. The van der Waals surface area contributed by atoms with Gasteiger partial charge in [0.05, 0.1) is 13.2 Å². The minimum atomic E-state index is -0.0377. The Morgan fingerprint density at radius 2 is 2.17 bits per heavy atom. The number of amides is 2. The molecule has 6 nitrogen and oxygen atoms in total. The molecule has 2 aliphatic rings. The number of morpholine rings is 1. The van der Waals surface area contributed by atoms with E-state index in [1.807, 2.05) is 18.2 Å². The number of carbonyl (C=O) groups is 2. The second-order valence-electron chi connectivity index (χ2n) is 6.15. The van der Waals surface area contributed by atoms with Crippen LogP contribution in [0.15, 0.2) is 24.3 Å². The van der Waals surface area contributed by atoms with Crippen molar-refractivity contribution >= 4 is 11.8 Å². The molecular formula is C17H23N3O3. The number of ether oxygens (including phenoxy) is 1. The van der Waals surface area contributed by atoms with Crippen molar-refractivity contribution in [2.45, 2.75) is 37.9 Å². The third kappa shape index (κ3) is 5.04. The van der Waals surface area contributed by atoms with E-state index in [1.54, 1.807) is 6.07 Å². The SMILES string of the molecule is O=C(CC1COCCN1)NCc1cccc(C(=O)NC2CC2)c1. The lowest BCUT2D eigenvalue weighted by molar-refractivity contribution is -0.122. The zero-order valence-corrected chi connectivity index (χ0v) is 13.1. The summed E-state index contributed by atoms with van der Waals surface area (Å²) in [6.07, 6.45) is 2.54. The maximum atomic E-state index is 12.0. The van der Waals surface area contributed by atoms with Crippen molar-refractivity contribution < 1.29 is 14.3 Å². The Kier molecular flexibility index (Phi) is 5.25. The average molecular weight is 317 g/mol. The van der Waals surface area contributed by atoms with Gasteiger partial charge in [0.2, 0.25) is 5.91 Å². The molecule has 1 unspecified atom stereocenters. The first-order valence-electron chi connectivity index (χ1n) is 8.18. The highest BCUT2D eigenvalue weighted by Crippen LogP contribution is 2.19. The van der Waals surface area contributed by atoms with Gasteiger partial charge in [-0.3, -0.25) is 9.59 Å². The van der Waals surface area contributed by atoms with Crippen LogP contribution in [0.1, 0.15) is 35.2 Å². The molecule has 1 aromatic carbocycles. The highest BCUT2D eigenvalue weighted by molar-refractivity contribution is 5.94. The molecule has 0 aromatic heterocycles. The van der Waals surface area contributed by atoms with Crippen LogP contribution in [-0.4, -0.2) is 43.7 Å². The molecule has 1 atom stereocenters. The average Bonchev–Trinajstić information content (AvgIpc) is 3.38. The van der Waals surface area contributed by atoms with Gasteiger partial charge in [-0.25, -0.2) is 0 Å². The van der Waals surface area contributed by atoms with E-state index in [9.17, 15) is 9.59 Å². The van der Waals surface area contributed by atoms with Crippen molar-refractivity contribution in [3.05, 3.63) is 35.4 Å². The molecule has 124 valence electrons. The van der Waals surface area contributed by atoms with Crippen molar-refractivity contribution in [1.29, 1.82) is 0 Å². The summed E-state index contributed by atoms with van der Waals surface area (Å²) in [6, 6.07) is 7.82. The smallest absolute Gasteiger partial charge is 0.251 e. The van der Waals surface area contributed by atoms with Crippen molar-refractivity contribution in [2.75, 3.05) is 19.8 Å². The Bertz CT molecular complexity index is 566. The fourth-order valence-electron chi connectivity index (χ4n) is 2.57. The van der Waals surface area contributed by atoms with Gasteiger partial charge in [0.15, 0.2) is 0 Å². The van der Waals surface area contributed by atoms with Crippen LogP contribution in [0.2, 0.25) is 0 Å². The zero-order valence-electron chi connectivity index (χ0n) is 13.1. The van der Waals surface area contributed by atoms with Crippen molar-refractivity contribution in [1.82, 2.24) is 16.0 Å². The Balaban J connectivity index is 1.47. The summed E-state index contributed by atoms with van der Waals surface area (Å²) in [6.45, 7) is 2.49. The predicted molar refractivity (Wildman–Crippen MR) is 86.0 cm³/mol. The van der Waals surface area contributed by atoms with Crippen LogP contribution >= 0.6 is 0 Å². The topological polar surface area (TPSA) is 79.5 Å². The number of hydrogen-bond donors (Lipinski definition) is 3. The lowest BCUT2D eigenvalue weighted by Gasteiger charge is -2.23. The van der Waals surface area contributed by atoms with Crippen LogP contribution in [0.4, 0.5) is 0 Å². The van der Waals surface area contributed by atoms with Crippen molar-refractivity contribution in [2.24, 2.45) is 0 Å². The van der Waals surface area contributed by atoms with E-state index < -0.39 is 0 Å². The second-order valence-corrected chi connectivity index (χ2v) is 6.15. The third-order valence-electron chi connectivity index (χ3n) is 4.02. The molecule has 3 rings (SSSR count). The summed E-state index contributed by atoms with van der Waals surface area (Å²) in [5, 5.41) is 9.12. The molecule has 3 N–H and O–H groups in total. The molecule has 1 aromatic rings. The van der Waals surface area contributed by atoms with Gasteiger partial charge < -0.3 is 20.7 Å². The summed E-state index contributed by atoms with van der Waals surface area (Å²) < 4.78 is 5.34. The lowest BCUT2D eigenvalue weighted by Crippen LogP contribution is -2.44. The number of hydrogen-bond acceptors (Lipinski definition) is 4. The highest BCUT2D eigenvalue weighted by Gasteiger charge is 2.23. The van der Waals surface area contributed by atoms with Crippen molar-refractivity contribution in [3.8, 4) is 0 Å². The Morgan fingerprint density at radius 3 is 2.91 bits per heavy atom. The fourth-order valence-corrected chi connectivity index (χ4v) is 2.57. The van der Waals surface area contributed by atoms with E-state index in [-0.39, 0.29) is 17.9 Å². The van der Waals surface area contributed by atoms with E-state index >= 15 is 0 Å². The van der Waals surface area contributed by atoms with Gasteiger partial charge in [-0.15, -0.1) is 0 Å². The molecule has 2 fully saturated rings. The molecular weight excluding hydrogens is 294 g/mol. The first-order chi connectivity index (χ1) is 11.2. The number of benzene rings is 1. The number of rotatable bonds is 6. The van der Waals surface area contributed by atoms with Gasteiger partial charge in [-0.05, 0) is 30.5 Å². The first-order valence-corrected chi connectivity index (χ1v) is 8.18. The minimum absolute atomic E-state index is 0.0131. The summed E-state index contributed by atoms with van der Waals surface area (Å²) in [4.78, 5) is 24.0. The van der Waals surface area contributed by atoms with Gasteiger partial charge in [-0.2, -0.15) is 0 Å².